The van der Waals surface area contributed by atoms with Gasteiger partial charge in [0.15, 0.2) is 6.61 Å². The summed E-state index contributed by atoms with van der Waals surface area (Å²) in [5.74, 6) is -1.32. The summed E-state index contributed by atoms with van der Waals surface area (Å²) in [5, 5.41) is 0.112. The van der Waals surface area contributed by atoms with Crippen LogP contribution in [-0.2, 0) is 14.3 Å². The zero-order valence-electron chi connectivity index (χ0n) is 9.23. The Hall–Kier alpha value is -1.75. The lowest BCUT2D eigenvalue weighted by molar-refractivity contribution is -0.146. The minimum absolute atomic E-state index is 0.112. The number of halogens is 1. The number of hydrogen-bond donors (Lipinski definition) is 1. The van der Waals surface area contributed by atoms with Crippen LogP contribution in [0, 0.1) is 0 Å². The second-order valence-electron chi connectivity index (χ2n) is 3.09. The maximum atomic E-state index is 11.6. The first-order valence-electron chi connectivity index (χ1n) is 4.93. The van der Waals surface area contributed by atoms with Crippen LogP contribution in [0.2, 0.25) is 5.02 Å². The third-order valence-corrected chi connectivity index (χ3v) is 2.30. The summed E-state index contributed by atoms with van der Waals surface area (Å²) >= 11 is 5.82. The summed E-state index contributed by atoms with van der Waals surface area (Å²) in [5.41, 5.74) is 5.93. The van der Waals surface area contributed by atoms with Gasteiger partial charge in [-0.1, -0.05) is 17.7 Å². The summed E-state index contributed by atoms with van der Waals surface area (Å²) in [6.45, 7) is 1.45. The van der Waals surface area contributed by atoms with Crippen LogP contribution in [-0.4, -0.2) is 25.2 Å². The third kappa shape index (κ3) is 3.64. The maximum absolute atomic E-state index is 11.6. The van der Waals surface area contributed by atoms with Crippen LogP contribution in [0.3, 0.4) is 0 Å². The standard InChI is InChI=1S/C11H12ClNO4/c1-2-16-9(14)6-17-11(15)7-4-3-5-8(13)10(7)12/h3-5H,2,6,13H2,1H3. The summed E-state index contributed by atoms with van der Waals surface area (Å²) in [6, 6.07) is 4.60. The fraction of sp³-hybridized carbons (Fsp3) is 0.273. The van der Waals surface area contributed by atoms with Crippen molar-refractivity contribution < 1.29 is 19.1 Å². The Morgan fingerprint density at radius 3 is 2.71 bits per heavy atom. The van der Waals surface area contributed by atoms with Crippen molar-refractivity contribution in [2.24, 2.45) is 0 Å². The van der Waals surface area contributed by atoms with Gasteiger partial charge in [-0.05, 0) is 19.1 Å². The molecule has 2 N–H and O–H groups in total. The van der Waals surface area contributed by atoms with Crippen molar-refractivity contribution in [3.63, 3.8) is 0 Å². The average Bonchev–Trinajstić information content (AvgIpc) is 2.30. The molecule has 0 aromatic heterocycles. The molecule has 0 fully saturated rings. The molecule has 5 nitrogen and oxygen atoms in total. The zero-order chi connectivity index (χ0) is 12.8. The Morgan fingerprint density at radius 2 is 2.06 bits per heavy atom. The molecule has 0 radical (unpaired) electrons. The predicted octanol–water partition coefficient (Wildman–Crippen LogP) is 1.64. The van der Waals surface area contributed by atoms with Crippen LogP contribution < -0.4 is 5.73 Å². The van der Waals surface area contributed by atoms with Crippen LogP contribution in [0.5, 0.6) is 0 Å². The summed E-state index contributed by atoms with van der Waals surface area (Å²) < 4.78 is 9.33. The number of esters is 2. The van der Waals surface area contributed by atoms with Crippen molar-refractivity contribution in [3.8, 4) is 0 Å². The molecule has 0 saturated carbocycles. The Morgan fingerprint density at radius 1 is 1.35 bits per heavy atom. The number of carbonyl (C=O) groups excluding carboxylic acids is 2. The number of anilines is 1. The average molecular weight is 258 g/mol. The predicted molar refractivity (Wildman–Crippen MR) is 62.8 cm³/mol. The van der Waals surface area contributed by atoms with Gasteiger partial charge in [0.05, 0.1) is 22.9 Å². The van der Waals surface area contributed by atoms with Gasteiger partial charge in [0.1, 0.15) is 0 Å². The quantitative estimate of drug-likeness (QED) is 0.655. The molecule has 0 unspecified atom stereocenters. The Kier molecular flexibility index (Phi) is 4.78. The van der Waals surface area contributed by atoms with E-state index in [-0.39, 0.29) is 22.9 Å². The van der Waals surface area contributed by atoms with Crippen LogP contribution in [0.15, 0.2) is 18.2 Å². The molecule has 0 heterocycles. The molecule has 0 saturated heterocycles. The second kappa shape index (κ2) is 6.10. The van der Waals surface area contributed by atoms with E-state index >= 15 is 0 Å². The topological polar surface area (TPSA) is 78.6 Å². The van der Waals surface area contributed by atoms with Gasteiger partial charge >= 0.3 is 11.9 Å². The van der Waals surface area contributed by atoms with Gasteiger partial charge in [-0.2, -0.15) is 0 Å². The van der Waals surface area contributed by atoms with Crippen molar-refractivity contribution in [2.75, 3.05) is 18.9 Å². The number of ether oxygens (including phenoxy) is 2. The number of hydrogen-bond acceptors (Lipinski definition) is 5. The lowest BCUT2D eigenvalue weighted by atomic mass is 10.2. The Labute approximate surface area is 103 Å². The molecule has 0 spiro atoms. The van der Waals surface area contributed by atoms with Gasteiger partial charge in [0, 0.05) is 0 Å². The highest BCUT2D eigenvalue weighted by molar-refractivity contribution is 6.36. The molecular formula is C11H12ClNO4. The molecule has 0 aliphatic heterocycles. The largest absolute Gasteiger partial charge is 0.463 e. The first kappa shape index (κ1) is 13.3. The first-order chi connectivity index (χ1) is 8.06. The van der Waals surface area contributed by atoms with Gasteiger partial charge < -0.3 is 15.2 Å². The molecule has 0 amide bonds. The summed E-state index contributed by atoms with van der Waals surface area (Å²) in [6.07, 6.45) is 0. The maximum Gasteiger partial charge on any atom is 0.344 e. The Balaban J connectivity index is 2.64. The molecule has 1 rings (SSSR count). The van der Waals surface area contributed by atoms with Crippen molar-refractivity contribution >= 4 is 29.2 Å². The van der Waals surface area contributed by atoms with E-state index in [9.17, 15) is 9.59 Å². The zero-order valence-corrected chi connectivity index (χ0v) is 9.99. The van der Waals surface area contributed by atoms with Crippen molar-refractivity contribution in [1.82, 2.24) is 0 Å². The smallest absolute Gasteiger partial charge is 0.344 e. The van der Waals surface area contributed by atoms with Gasteiger partial charge in [-0.15, -0.1) is 0 Å². The normalized spacial score (nSPS) is 9.76. The molecule has 6 heteroatoms. The van der Waals surface area contributed by atoms with Gasteiger partial charge in [0.25, 0.3) is 0 Å². The highest BCUT2D eigenvalue weighted by Gasteiger charge is 2.15. The SMILES string of the molecule is CCOC(=O)COC(=O)c1cccc(N)c1Cl. The molecule has 17 heavy (non-hydrogen) atoms. The second-order valence-corrected chi connectivity index (χ2v) is 3.47. The number of benzene rings is 1. The van der Waals surface area contributed by atoms with E-state index in [0.717, 1.165) is 0 Å². The van der Waals surface area contributed by atoms with E-state index in [1.807, 2.05) is 0 Å². The fourth-order valence-electron chi connectivity index (χ4n) is 1.11. The minimum atomic E-state index is -0.713. The molecule has 1 aromatic carbocycles. The minimum Gasteiger partial charge on any atom is -0.463 e. The van der Waals surface area contributed by atoms with Crippen molar-refractivity contribution in [3.05, 3.63) is 28.8 Å². The van der Waals surface area contributed by atoms with Gasteiger partial charge in [-0.25, -0.2) is 9.59 Å². The van der Waals surface area contributed by atoms with E-state index in [1.54, 1.807) is 19.1 Å². The van der Waals surface area contributed by atoms with Gasteiger partial charge in [0.2, 0.25) is 0 Å². The molecular weight excluding hydrogens is 246 g/mol. The molecule has 1 aromatic rings. The lowest BCUT2D eigenvalue weighted by Gasteiger charge is -2.07. The van der Waals surface area contributed by atoms with Crippen molar-refractivity contribution in [2.45, 2.75) is 6.92 Å². The lowest BCUT2D eigenvalue weighted by Crippen LogP contribution is -2.16. The molecule has 0 atom stereocenters. The highest BCUT2D eigenvalue weighted by atomic mass is 35.5. The monoisotopic (exact) mass is 257 g/mol. The number of nitrogens with two attached hydrogens (primary N) is 1. The van der Waals surface area contributed by atoms with E-state index in [2.05, 4.69) is 4.74 Å². The van der Waals surface area contributed by atoms with E-state index in [0.29, 0.717) is 0 Å². The van der Waals surface area contributed by atoms with Crippen molar-refractivity contribution in [1.29, 1.82) is 0 Å². The van der Waals surface area contributed by atoms with Gasteiger partial charge in [-0.3, -0.25) is 0 Å². The highest BCUT2D eigenvalue weighted by Crippen LogP contribution is 2.23. The molecule has 92 valence electrons. The number of rotatable bonds is 4. The van der Waals surface area contributed by atoms with Crippen LogP contribution >= 0.6 is 11.6 Å². The van der Waals surface area contributed by atoms with E-state index < -0.39 is 18.5 Å². The summed E-state index contributed by atoms with van der Waals surface area (Å²) in [7, 11) is 0. The van der Waals surface area contributed by atoms with Crippen LogP contribution in [0.4, 0.5) is 5.69 Å². The fourth-order valence-corrected chi connectivity index (χ4v) is 1.32. The Bertz CT molecular complexity index is 433. The number of carbonyl (C=O) groups is 2. The molecule has 0 aliphatic rings. The van der Waals surface area contributed by atoms with Crippen LogP contribution in [0.25, 0.3) is 0 Å². The molecule has 0 aliphatic carbocycles. The number of nitrogen functional groups attached to an aromatic ring is 1. The molecule has 0 bridgehead atoms. The summed E-state index contributed by atoms with van der Waals surface area (Å²) in [4.78, 5) is 22.5. The van der Waals surface area contributed by atoms with E-state index in [1.165, 1.54) is 6.07 Å². The van der Waals surface area contributed by atoms with E-state index in [4.69, 9.17) is 22.1 Å². The van der Waals surface area contributed by atoms with Crippen LogP contribution in [0.1, 0.15) is 17.3 Å². The third-order valence-electron chi connectivity index (χ3n) is 1.87. The first-order valence-corrected chi connectivity index (χ1v) is 5.30.